The first kappa shape index (κ1) is 18.1. The maximum atomic E-state index is 13.8. The maximum Gasteiger partial charge on any atom is 0.256 e. The van der Waals surface area contributed by atoms with Gasteiger partial charge in [-0.2, -0.15) is 0 Å². The molecule has 0 atom stereocenters. The Hall–Kier alpha value is -2.73. The van der Waals surface area contributed by atoms with E-state index in [0.717, 1.165) is 11.0 Å². The Bertz CT molecular complexity index is 919. The average Bonchev–Trinajstić information content (AvgIpc) is 2.65. The Morgan fingerprint density at radius 3 is 2.58 bits per heavy atom. The molecule has 2 aromatic carbocycles. The molecule has 3 rings (SSSR count). The zero-order chi connectivity index (χ0) is 18.5. The standard InChI is InChI=1S/C20H16F2N2OS/c1-24(13-14-9-10-15(21)12-18(14)22)20(25)17-8-5-11-23-19(17)26-16-6-3-2-4-7-16/h2-12H,13H2,1H3. The number of rotatable bonds is 5. The van der Waals surface area contributed by atoms with Crippen LogP contribution in [-0.2, 0) is 6.54 Å². The maximum absolute atomic E-state index is 13.8. The first-order valence-corrected chi connectivity index (χ1v) is 8.73. The summed E-state index contributed by atoms with van der Waals surface area (Å²) >= 11 is 1.39. The number of benzene rings is 2. The molecule has 0 saturated carbocycles. The Labute approximate surface area is 154 Å². The fourth-order valence-electron chi connectivity index (χ4n) is 2.42. The Morgan fingerprint density at radius 2 is 1.85 bits per heavy atom. The van der Waals surface area contributed by atoms with E-state index in [4.69, 9.17) is 0 Å². The van der Waals surface area contributed by atoms with Gasteiger partial charge < -0.3 is 4.90 Å². The summed E-state index contributed by atoms with van der Waals surface area (Å²) in [6.45, 7) is 0.0370. The molecular formula is C20H16F2N2OS. The molecule has 0 N–H and O–H groups in total. The van der Waals surface area contributed by atoms with E-state index < -0.39 is 11.6 Å². The lowest BCUT2D eigenvalue weighted by Gasteiger charge is -2.19. The zero-order valence-corrected chi connectivity index (χ0v) is 14.8. The quantitative estimate of drug-likeness (QED) is 0.648. The summed E-state index contributed by atoms with van der Waals surface area (Å²) in [5, 5.41) is 0.579. The molecule has 3 nitrogen and oxygen atoms in total. The molecule has 0 unspecified atom stereocenters. The third-order valence-corrected chi connectivity index (χ3v) is 4.76. The largest absolute Gasteiger partial charge is 0.337 e. The predicted molar refractivity (Wildman–Crippen MR) is 97.0 cm³/mol. The SMILES string of the molecule is CN(Cc1ccc(F)cc1F)C(=O)c1cccnc1Sc1ccccc1. The summed E-state index contributed by atoms with van der Waals surface area (Å²) in [4.78, 5) is 19.5. The number of hydrogen-bond donors (Lipinski definition) is 0. The lowest BCUT2D eigenvalue weighted by Crippen LogP contribution is -2.27. The second kappa shape index (κ2) is 8.10. The molecule has 0 aliphatic carbocycles. The third kappa shape index (κ3) is 4.26. The molecule has 0 fully saturated rings. The molecule has 0 bridgehead atoms. The lowest BCUT2D eigenvalue weighted by molar-refractivity contribution is 0.0779. The highest BCUT2D eigenvalue weighted by Gasteiger charge is 2.18. The van der Waals surface area contributed by atoms with E-state index in [2.05, 4.69) is 4.98 Å². The van der Waals surface area contributed by atoms with Gasteiger partial charge in [-0.25, -0.2) is 13.8 Å². The highest BCUT2D eigenvalue weighted by atomic mass is 32.2. The normalized spacial score (nSPS) is 10.6. The Kier molecular flexibility index (Phi) is 5.63. The van der Waals surface area contributed by atoms with Crippen LogP contribution in [-0.4, -0.2) is 22.8 Å². The van der Waals surface area contributed by atoms with Crippen molar-refractivity contribution in [2.75, 3.05) is 7.05 Å². The van der Waals surface area contributed by atoms with Crippen LogP contribution in [0.25, 0.3) is 0 Å². The highest BCUT2D eigenvalue weighted by molar-refractivity contribution is 7.99. The van der Waals surface area contributed by atoms with Gasteiger partial charge in [-0.15, -0.1) is 0 Å². The molecule has 6 heteroatoms. The van der Waals surface area contributed by atoms with Crippen molar-refractivity contribution < 1.29 is 13.6 Å². The van der Waals surface area contributed by atoms with Crippen LogP contribution in [0.5, 0.6) is 0 Å². The number of carbonyl (C=O) groups excluding carboxylic acids is 1. The predicted octanol–water partition coefficient (Wildman–Crippen LogP) is 4.78. The van der Waals surface area contributed by atoms with Crippen molar-refractivity contribution in [1.82, 2.24) is 9.88 Å². The van der Waals surface area contributed by atoms with E-state index in [-0.39, 0.29) is 18.0 Å². The van der Waals surface area contributed by atoms with Gasteiger partial charge in [0.05, 0.1) is 5.56 Å². The molecule has 1 heterocycles. The van der Waals surface area contributed by atoms with Crippen LogP contribution < -0.4 is 0 Å². The summed E-state index contributed by atoms with van der Waals surface area (Å²) in [5.41, 5.74) is 0.690. The number of halogens is 2. The van der Waals surface area contributed by atoms with Crippen molar-refractivity contribution in [3.05, 3.63) is 89.6 Å². The minimum Gasteiger partial charge on any atom is -0.337 e. The molecule has 132 valence electrons. The zero-order valence-electron chi connectivity index (χ0n) is 14.0. The molecule has 0 spiro atoms. The van der Waals surface area contributed by atoms with Crippen LogP contribution >= 0.6 is 11.8 Å². The third-order valence-electron chi connectivity index (χ3n) is 3.73. The molecule has 0 saturated heterocycles. The van der Waals surface area contributed by atoms with Gasteiger partial charge in [-0.05, 0) is 30.3 Å². The van der Waals surface area contributed by atoms with Crippen molar-refractivity contribution in [3.63, 3.8) is 0 Å². The smallest absolute Gasteiger partial charge is 0.256 e. The second-order valence-electron chi connectivity index (χ2n) is 5.67. The van der Waals surface area contributed by atoms with Gasteiger partial charge in [0.15, 0.2) is 0 Å². The van der Waals surface area contributed by atoms with Crippen molar-refractivity contribution in [2.45, 2.75) is 16.5 Å². The van der Waals surface area contributed by atoms with E-state index in [0.29, 0.717) is 10.6 Å². The van der Waals surface area contributed by atoms with Gasteiger partial charge in [-0.1, -0.05) is 36.0 Å². The number of hydrogen-bond acceptors (Lipinski definition) is 3. The molecule has 26 heavy (non-hydrogen) atoms. The summed E-state index contributed by atoms with van der Waals surface area (Å²) < 4.78 is 26.9. The van der Waals surface area contributed by atoms with E-state index >= 15 is 0 Å². The van der Waals surface area contributed by atoms with E-state index in [1.54, 1.807) is 25.4 Å². The van der Waals surface area contributed by atoms with Crippen LogP contribution in [0.4, 0.5) is 8.78 Å². The number of nitrogens with zero attached hydrogens (tertiary/aromatic N) is 2. The van der Waals surface area contributed by atoms with Crippen LogP contribution in [0, 0.1) is 11.6 Å². The van der Waals surface area contributed by atoms with Crippen molar-refractivity contribution in [2.24, 2.45) is 0 Å². The van der Waals surface area contributed by atoms with Crippen molar-refractivity contribution >= 4 is 17.7 Å². The molecule has 0 aliphatic heterocycles. The fraction of sp³-hybridized carbons (Fsp3) is 0.100. The average molecular weight is 370 g/mol. The van der Waals surface area contributed by atoms with Crippen molar-refractivity contribution in [1.29, 1.82) is 0 Å². The number of pyridine rings is 1. The molecule has 1 aromatic heterocycles. The lowest BCUT2D eigenvalue weighted by atomic mass is 10.2. The first-order chi connectivity index (χ1) is 12.5. The first-order valence-electron chi connectivity index (χ1n) is 7.92. The van der Waals surface area contributed by atoms with Crippen LogP contribution in [0.1, 0.15) is 15.9 Å². The van der Waals surface area contributed by atoms with Gasteiger partial charge in [0.25, 0.3) is 5.91 Å². The number of aromatic nitrogens is 1. The Morgan fingerprint density at radius 1 is 1.08 bits per heavy atom. The fourth-order valence-corrected chi connectivity index (χ4v) is 3.31. The monoisotopic (exact) mass is 370 g/mol. The molecule has 0 aliphatic rings. The van der Waals surface area contributed by atoms with E-state index in [1.165, 1.54) is 28.8 Å². The number of amides is 1. The minimum atomic E-state index is -0.672. The van der Waals surface area contributed by atoms with Crippen LogP contribution in [0.2, 0.25) is 0 Å². The molecular weight excluding hydrogens is 354 g/mol. The van der Waals surface area contributed by atoms with Gasteiger partial charge in [0.1, 0.15) is 16.7 Å². The van der Waals surface area contributed by atoms with Gasteiger partial charge in [0, 0.05) is 36.3 Å². The minimum absolute atomic E-state index is 0.0370. The molecule has 0 radical (unpaired) electrons. The van der Waals surface area contributed by atoms with Gasteiger partial charge in [0.2, 0.25) is 0 Å². The van der Waals surface area contributed by atoms with Gasteiger partial charge >= 0.3 is 0 Å². The van der Waals surface area contributed by atoms with E-state index in [1.807, 2.05) is 30.3 Å². The van der Waals surface area contributed by atoms with Crippen LogP contribution in [0.15, 0.2) is 76.8 Å². The molecule has 3 aromatic rings. The Balaban J connectivity index is 1.81. The number of carbonyl (C=O) groups is 1. The summed E-state index contributed by atoms with van der Waals surface area (Å²) in [6, 6.07) is 16.3. The second-order valence-corrected chi connectivity index (χ2v) is 6.73. The summed E-state index contributed by atoms with van der Waals surface area (Å²) in [6.07, 6.45) is 1.63. The van der Waals surface area contributed by atoms with Crippen molar-refractivity contribution in [3.8, 4) is 0 Å². The van der Waals surface area contributed by atoms with E-state index in [9.17, 15) is 13.6 Å². The highest BCUT2D eigenvalue weighted by Crippen LogP contribution is 2.29. The van der Waals surface area contributed by atoms with Crippen LogP contribution in [0.3, 0.4) is 0 Å². The summed E-state index contributed by atoms with van der Waals surface area (Å²) in [5.74, 6) is -1.59. The molecule has 1 amide bonds. The summed E-state index contributed by atoms with van der Waals surface area (Å²) in [7, 11) is 1.58. The topological polar surface area (TPSA) is 33.2 Å². The van der Waals surface area contributed by atoms with Gasteiger partial charge in [-0.3, -0.25) is 4.79 Å².